The molecule has 0 saturated carbocycles. The number of ether oxygens (including phenoxy) is 1. The Morgan fingerprint density at radius 1 is 1.28 bits per heavy atom. The van der Waals surface area contributed by atoms with Crippen molar-refractivity contribution in [3.63, 3.8) is 0 Å². The molecular formula is C20H23ClN2O2. The van der Waals surface area contributed by atoms with Crippen LogP contribution in [0.3, 0.4) is 0 Å². The molecule has 25 heavy (non-hydrogen) atoms. The fraction of sp³-hybridized carbons (Fsp3) is 0.350. The zero-order valence-corrected chi connectivity index (χ0v) is 15.1. The summed E-state index contributed by atoms with van der Waals surface area (Å²) in [6.07, 6.45) is 1.64. The number of para-hydroxylation sites is 1. The highest BCUT2D eigenvalue weighted by Gasteiger charge is 2.27. The summed E-state index contributed by atoms with van der Waals surface area (Å²) in [5.74, 6) is 0.542. The van der Waals surface area contributed by atoms with Crippen molar-refractivity contribution in [2.24, 2.45) is 0 Å². The van der Waals surface area contributed by atoms with Crippen LogP contribution >= 0.6 is 11.6 Å². The molecule has 1 N–H and O–H groups in total. The Morgan fingerprint density at radius 3 is 2.76 bits per heavy atom. The minimum atomic E-state index is -0.597. The molecule has 2 aromatic rings. The molecule has 2 atom stereocenters. The van der Waals surface area contributed by atoms with Gasteiger partial charge in [-0.1, -0.05) is 35.9 Å². The Kier molecular flexibility index (Phi) is 5.95. The molecule has 0 aromatic heterocycles. The number of nitrogens with zero attached hydrogens (tertiary/aromatic N) is 1. The predicted molar refractivity (Wildman–Crippen MR) is 101 cm³/mol. The van der Waals surface area contributed by atoms with Gasteiger partial charge in [-0.25, -0.2) is 0 Å². The smallest absolute Gasteiger partial charge is 0.267 e. The Morgan fingerprint density at radius 2 is 2.08 bits per heavy atom. The monoisotopic (exact) mass is 358 g/mol. The lowest BCUT2D eigenvalue weighted by atomic mass is 10.1. The van der Waals surface area contributed by atoms with Crippen LogP contribution in [0.2, 0.25) is 5.02 Å². The molecule has 4 nitrogen and oxygen atoms in total. The summed E-state index contributed by atoms with van der Waals surface area (Å²) in [6.45, 7) is 3.43. The molecular weight excluding hydrogens is 336 g/mol. The van der Waals surface area contributed by atoms with Gasteiger partial charge in [0.15, 0.2) is 6.10 Å². The lowest BCUT2D eigenvalue weighted by Crippen LogP contribution is -2.46. The second-order valence-corrected chi connectivity index (χ2v) is 6.73. The van der Waals surface area contributed by atoms with E-state index in [1.165, 1.54) is 0 Å². The van der Waals surface area contributed by atoms with E-state index in [2.05, 4.69) is 5.32 Å². The normalized spacial score (nSPS) is 17.9. The summed E-state index contributed by atoms with van der Waals surface area (Å²) in [4.78, 5) is 14.9. The van der Waals surface area contributed by atoms with Crippen molar-refractivity contribution in [1.82, 2.24) is 5.32 Å². The Bertz CT molecular complexity index is 702. The van der Waals surface area contributed by atoms with E-state index < -0.39 is 6.10 Å². The molecule has 0 bridgehead atoms. The van der Waals surface area contributed by atoms with Crippen LogP contribution in [0.25, 0.3) is 0 Å². The molecule has 132 valence electrons. The van der Waals surface area contributed by atoms with Gasteiger partial charge in [-0.3, -0.25) is 4.79 Å². The summed E-state index contributed by atoms with van der Waals surface area (Å²) in [5.41, 5.74) is 0.891. The number of benzene rings is 2. The maximum atomic E-state index is 13.1. The molecule has 0 radical (unpaired) electrons. The first-order valence-corrected chi connectivity index (χ1v) is 9.03. The molecule has 1 amide bonds. The van der Waals surface area contributed by atoms with Crippen LogP contribution in [0, 0.1) is 0 Å². The third-order valence-electron chi connectivity index (χ3n) is 4.36. The third-order valence-corrected chi connectivity index (χ3v) is 4.59. The molecule has 0 spiro atoms. The average molecular weight is 359 g/mol. The minimum absolute atomic E-state index is 0.0557. The van der Waals surface area contributed by atoms with E-state index in [-0.39, 0.29) is 5.91 Å². The first-order valence-electron chi connectivity index (χ1n) is 8.65. The lowest BCUT2D eigenvalue weighted by Gasteiger charge is -2.28. The van der Waals surface area contributed by atoms with Crippen LogP contribution in [0.4, 0.5) is 5.69 Å². The number of hydrogen-bond donors (Lipinski definition) is 1. The van der Waals surface area contributed by atoms with Crippen LogP contribution in [0.1, 0.15) is 19.8 Å². The SMILES string of the molecule is CC(Oc1cccc(Cl)c1)C(=O)N(C[C@H]1CCCN1)c1ccccc1. The van der Waals surface area contributed by atoms with E-state index in [0.717, 1.165) is 25.1 Å². The van der Waals surface area contributed by atoms with Crippen molar-refractivity contribution in [2.45, 2.75) is 31.9 Å². The minimum Gasteiger partial charge on any atom is -0.481 e. The summed E-state index contributed by atoms with van der Waals surface area (Å²) in [7, 11) is 0. The summed E-state index contributed by atoms with van der Waals surface area (Å²) in [6, 6.07) is 17.2. The van der Waals surface area contributed by atoms with Gasteiger partial charge in [-0.05, 0) is 56.6 Å². The zero-order chi connectivity index (χ0) is 17.6. The van der Waals surface area contributed by atoms with Crippen molar-refractivity contribution in [3.8, 4) is 5.75 Å². The van der Waals surface area contributed by atoms with Crippen molar-refractivity contribution >= 4 is 23.2 Å². The summed E-state index contributed by atoms with van der Waals surface area (Å²) >= 11 is 6.00. The number of rotatable bonds is 6. The quantitative estimate of drug-likeness (QED) is 0.851. The molecule has 5 heteroatoms. The average Bonchev–Trinajstić information content (AvgIpc) is 3.13. The van der Waals surface area contributed by atoms with Crippen LogP contribution in [0.15, 0.2) is 54.6 Å². The molecule has 1 aliphatic rings. The highest BCUT2D eigenvalue weighted by Crippen LogP contribution is 2.21. The fourth-order valence-corrected chi connectivity index (χ4v) is 3.26. The molecule has 1 unspecified atom stereocenters. The fourth-order valence-electron chi connectivity index (χ4n) is 3.08. The van der Waals surface area contributed by atoms with Crippen molar-refractivity contribution in [1.29, 1.82) is 0 Å². The summed E-state index contributed by atoms with van der Waals surface area (Å²) in [5, 5.41) is 4.05. The lowest BCUT2D eigenvalue weighted by molar-refractivity contribution is -0.124. The van der Waals surface area contributed by atoms with Crippen LogP contribution < -0.4 is 15.0 Å². The Hall–Kier alpha value is -2.04. The highest BCUT2D eigenvalue weighted by atomic mass is 35.5. The molecule has 1 aliphatic heterocycles. The van der Waals surface area contributed by atoms with E-state index in [9.17, 15) is 4.79 Å². The van der Waals surface area contributed by atoms with E-state index in [0.29, 0.717) is 23.4 Å². The first-order chi connectivity index (χ1) is 12.1. The van der Waals surface area contributed by atoms with Gasteiger partial charge in [0.1, 0.15) is 5.75 Å². The Balaban J connectivity index is 1.75. The van der Waals surface area contributed by atoms with E-state index in [1.807, 2.05) is 41.3 Å². The first kappa shape index (κ1) is 17.8. The number of amides is 1. The Labute approximate surface area is 153 Å². The number of carbonyl (C=O) groups is 1. The van der Waals surface area contributed by atoms with Gasteiger partial charge in [0.05, 0.1) is 0 Å². The van der Waals surface area contributed by atoms with Gasteiger partial charge >= 0.3 is 0 Å². The summed E-state index contributed by atoms with van der Waals surface area (Å²) < 4.78 is 5.83. The van der Waals surface area contributed by atoms with Gasteiger partial charge in [0.2, 0.25) is 0 Å². The number of halogens is 1. The van der Waals surface area contributed by atoms with Gasteiger partial charge in [0.25, 0.3) is 5.91 Å². The third kappa shape index (κ3) is 4.74. The van der Waals surface area contributed by atoms with Crippen molar-refractivity contribution < 1.29 is 9.53 Å². The molecule has 0 aliphatic carbocycles. The number of carbonyl (C=O) groups excluding carboxylic acids is 1. The van der Waals surface area contributed by atoms with Gasteiger partial charge in [-0.2, -0.15) is 0 Å². The van der Waals surface area contributed by atoms with Gasteiger partial charge in [-0.15, -0.1) is 0 Å². The van der Waals surface area contributed by atoms with Crippen LogP contribution in [-0.4, -0.2) is 31.1 Å². The zero-order valence-electron chi connectivity index (χ0n) is 14.3. The highest BCUT2D eigenvalue weighted by molar-refractivity contribution is 6.30. The largest absolute Gasteiger partial charge is 0.481 e. The predicted octanol–water partition coefficient (Wildman–Crippen LogP) is 3.89. The van der Waals surface area contributed by atoms with Crippen LogP contribution in [0.5, 0.6) is 5.75 Å². The second-order valence-electron chi connectivity index (χ2n) is 6.30. The maximum Gasteiger partial charge on any atom is 0.267 e. The van der Waals surface area contributed by atoms with E-state index in [4.69, 9.17) is 16.3 Å². The standard InChI is InChI=1S/C20H23ClN2O2/c1-15(25-19-11-5-7-16(21)13-19)20(24)23(14-17-8-6-12-22-17)18-9-3-2-4-10-18/h2-5,7,9-11,13,15,17,22H,6,8,12,14H2,1H3/t15?,17-/m1/s1. The maximum absolute atomic E-state index is 13.1. The molecule has 1 fully saturated rings. The van der Waals surface area contributed by atoms with E-state index >= 15 is 0 Å². The number of anilines is 1. The van der Waals surface area contributed by atoms with Crippen LogP contribution in [-0.2, 0) is 4.79 Å². The molecule has 2 aromatic carbocycles. The number of nitrogens with one attached hydrogen (secondary N) is 1. The van der Waals surface area contributed by atoms with Crippen molar-refractivity contribution in [3.05, 3.63) is 59.6 Å². The molecule has 1 heterocycles. The number of hydrogen-bond acceptors (Lipinski definition) is 3. The van der Waals surface area contributed by atoms with E-state index in [1.54, 1.807) is 25.1 Å². The van der Waals surface area contributed by atoms with Crippen molar-refractivity contribution in [2.75, 3.05) is 18.0 Å². The van der Waals surface area contributed by atoms with Gasteiger partial charge in [0, 0.05) is 23.3 Å². The molecule has 1 saturated heterocycles. The molecule has 3 rings (SSSR count). The topological polar surface area (TPSA) is 41.6 Å². The second kappa shape index (κ2) is 8.37. The van der Waals surface area contributed by atoms with Gasteiger partial charge < -0.3 is 15.0 Å².